The fourth-order valence-corrected chi connectivity index (χ4v) is 3.54. The third-order valence-electron chi connectivity index (χ3n) is 4.67. The fourth-order valence-electron chi connectivity index (χ4n) is 3.01. The van der Waals surface area contributed by atoms with E-state index >= 15 is 0 Å². The van der Waals surface area contributed by atoms with Crippen molar-refractivity contribution in [3.8, 4) is 0 Å². The molecule has 1 aromatic carbocycles. The fraction of sp³-hybridized carbons (Fsp3) is 0.647. The van der Waals surface area contributed by atoms with Crippen LogP contribution >= 0.6 is 0 Å². The van der Waals surface area contributed by atoms with Crippen molar-refractivity contribution in [3.63, 3.8) is 0 Å². The molecule has 0 unspecified atom stereocenters. The van der Waals surface area contributed by atoms with E-state index in [2.05, 4.69) is 20.8 Å². The van der Waals surface area contributed by atoms with Gasteiger partial charge in [0.2, 0.25) is 0 Å². The van der Waals surface area contributed by atoms with Crippen LogP contribution in [0.25, 0.3) is 0 Å². The van der Waals surface area contributed by atoms with E-state index in [-0.39, 0.29) is 16.5 Å². The summed E-state index contributed by atoms with van der Waals surface area (Å²) in [6.07, 6.45) is 2.86. The quantitative estimate of drug-likeness (QED) is 0.485. The summed E-state index contributed by atoms with van der Waals surface area (Å²) in [7, 11) is -2.62. The molecule has 1 rings (SSSR count). The van der Waals surface area contributed by atoms with Crippen molar-refractivity contribution < 1.29 is 22.4 Å². The van der Waals surface area contributed by atoms with Crippen molar-refractivity contribution in [3.05, 3.63) is 29.3 Å². The van der Waals surface area contributed by atoms with Crippen LogP contribution in [-0.2, 0) is 31.6 Å². The minimum Gasteiger partial charge on any atom is -0.382 e. The average molecular weight is 362 g/mol. The highest BCUT2D eigenvalue weighted by atomic mass is 32.2. The summed E-state index contributed by atoms with van der Waals surface area (Å²) in [5.41, 5.74) is 1.88. The molecule has 24 heavy (non-hydrogen) atoms. The number of rotatable bonds is 10. The monoisotopic (exact) mass is 361 g/mol. The summed E-state index contributed by atoms with van der Waals surface area (Å²) >= 11 is 0. The first-order valence-electron chi connectivity index (χ1n) is 8.02. The zero-order valence-corrected chi connectivity index (χ0v) is 16.0. The van der Waals surface area contributed by atoms with Crippen molar-refractivity contribution in [2.24, 2.45) is 0 Å². The molecule has 0 spiro atoms. The third kappa shape index (κ3) is 5.53. The van der Waals surface area contributed by atoms with Gasteiger partial charge in [-0.15, -0.1) is 0 Å². The van der Waals surface area contributed by atoms with E-state index in [1.807, 2.05) is 6.07 Å². The standard InChI is InChI=1S/C17H28O5S.H3N/c1-5-17(6-2,7-3)16-9-8-15(23(18,19)20)12-14(16)13-22-11-10-21-4;/h8-9,12H,5-7,10-11,13H2,1-4H3,(H,18,19,20);1H3. The second-order valence-corrected chi connectivity index (χ2v) is 7.10. The summed E-state index contributed by atoms with van der Waals surface area (Å²) < 4.78 is 42.7. The van der Waals surface area contributed by atoms with Crippen molar-refractivity contribution in [1.29, 1.82) is 0 Å². The second kappa shape index (κ2) is 10.1. The van der Waals surface area contributed by atoms with Gasteiger partial charge in [0.25, 0.3) is 10.1 Å². The van der Waals surface area contributed by atoms with E-state index in [1.54, 1.807) is 7.11 Å². The average Bonchev–Trinajstić information content (AvgIpc) is 2.53. The van der Waals surface area contributed by atoms with E-state index < -0.39 is 10.1 Å². The zero-order chi connectivity index (χ0) is 17.5. The zero-order valence-electron chi connectivity index (χ0n) is 15.2. The van der Waals surface area contributed by atoms with Crippen LogP contribution in [0, 0.1) is 0 Å². The molecule has 0 saturated heterocycles. The minimum atomic E-state index is -4.22. The molecule has 0 atom stereocenters. The lowest BCUT2D eigenvalue weighted by atomic mass is 9.72. The molecule has 1 aromatic rings. The van der Waals surface area contributed by atoms with Gasteiger partial charge in [-0.2, -0.15) is 8.42 Å². The van der Waals surface area contributed by atoms with Crippen molar-refractivity contribution in [1.82, 2.24) is 6.15 Å². The molecular weight excluding hydrogens is 330 g/mol. The summed E-state index contributed by atoms with van der Waals surface area (Å²) in [6, 6.07) is 4.81. The first-order chi connectivity index (χ1) is 10.8. The van der Waals surface area contributed by atoms with Gasteiger partial charge in [-0.25, -0.2) is 0 Å². The number of benzene rings is 1. The Balaban J connectivity index is 0.00000529. The lowest BCUT2D eigenvalue weighted by Crippen LogP contribution is -2.25. The maximum absolute atomic E-state index is 11.4. The van der Waals surface area contributed by atoms with E-state index in [0.29, 0.717) is 19.8 Å². The van der Waals surface area contributed by atoms with E-state index in [9.17, 15) is 13.0 Å². The molecule has 0 aliphatic heterocycles. The molecule has 0 radical (unpaired) electrons. The Morgan fingerprint density at radius 3 is 2.12 bits per heavy atom. The number of methoxy groups -OCH3 is 1. The second-order valence-electron chi connectivity index (χ2n) is 5.68. The van der Waals surface area contributed by atoms with Crippen LogP contribution in [0.3, 0.4) is 0 Å². The van der Waals surface area contributed by atoms with Gasteiger partial charge in [0.05, 0.1) is 24.7 Å². The Morgan fingerprint density at radius 1 is 1.08 bits per heavy atom. The largest absolute Gasteiger partial charge is 0.382 e. The molecule has 4 N–H and O–H groups in total. The maximum atomic E-state index is 11.4. The van der Waals surface area contributed by atoms with Crippen molar-refractivity contribution in [2.45, 2.75) is 57.0 Å². The van der Waals surface area contributed by atoms with Crippen LogP contribution in [0.5, 0.6) is 0 Å². The number of ether oxygens (including phenoxy) is 2. The topological polar surface area (TPSA) is 108 Å². The van der Waals surface area contributed by atoms with Gasteiger partial charge < -0.3 is 15.6 Å². The Bertz CT molecular complexity index is 589. The highest BCUT2D eigenvalue weighted by Crippen LogP contribution is 2.38. The summed E-state index contributed by atoms with van der Waals surface area (Å²) in [4.78, 5) is -0.0937. The molecule has 6 nitrogen and oxygen atoms in total. The Hall–Kier alpha value is -0.990. The van der Waals surface area contributed by atoms with E-state index in [0.717, 1.165) is 30.4 Å². The summed E-state index contributed by atoms with van der Waals surface area (Å²) in [5.74, 6) is 0. The molecule has 0 heterocycles. The SMILES string of the molecule is CCC(CC)(CC)c1ccc(S(=O)(=O)O)cc1COCCOC.N. The molecule has 0 fully saturated rings. The first-order valence-corrected chi connectivity index (χ1v) is 9.46. The highest BCUT2D eigenvalue weighted by molar-refractivity contribution is 7.85. The predicted molar refractivity (Wildman–Crippen MR) is 95.4 cm³/mol. The molecule has 0 aliphatic carbocycles. The molecule has 0 amide bonds. The van der Waals surface area contributed by atoms with Crippen molar-refractivity contribution in [2.75, 3.05) is 20.3 Å². The van der Waals surface area contributed by atoms with Crippen LogP contribution in [-0.4, -0.2) is 33.3 Å². The highest BCUT2D eigenvalue weighted by Gasteiger charge is 2.29. The Kier molecular flexibility index (Phi) is 9.69. The minimum absolute atomic E-state index is 0. The Morgan fingerprint density at radius 2 is 1.67 bits per heavy atom. The van der Waals surface area contributed by atoms with Gasteiger partial charge in [0, 0.05) is 7.11 Å². The van der Waals surface area contributed by atoms with Gasteiger partial charge in [0.15, 0.2) is 0 Å². The molecule has 140 valence electrons. The third-order valence-corrected chi connectivity index (χ3v) is 5.52. The lowest BCUT2D eigenvalue weighted by Gasteiger charge is -2.33. The predicted octanol–water partition coefficient (Wildman–Crippen LogP) is 3.73. The molecule has 0 saturated carbocycles. The van der Waals surface area contributed by atoms with E-state index in [1.165, 1.54) is 12.1 Å². The first kappa shape index (κ1) is 23.0. The molecule has 0 aromatic heterocycles. The van der Waals surface area contributed by atoms with Crippen LogP contribution in [0.2, 0.25) is 0 Å². The number of hydrogen-bond donors (Lipinski definition) is 2. The van der Waals surface area contributed by atoms with Gasteiger partial charge in [0.1, 0.15) is 0 Å². The van der Waals surface area contributed by atoms with Crippen LogP contribution in [0.1, 0.15) is 51.2 Å². The van der Waals surface area contributed by atoms with Gasteiger partial charge in [-0.3, -0.25) is 4.55 Å². The van der Waals surface area contributed by atoms with Crippen LogP contribution in [0.4, 0.5) is 0 Å². The van der Waals surface area contributed by atoms with Crippen LogP contribution in [0.15, 0.2) is 23.1 Å². The van der Waals surface area contributed by atoms with Gasteiger partial charge >= 0.3 is 0 Å². The van der Waals surface area contributed by atoms with Gasteiger partial charge in [-0.1, -0.05) is 26.8 Å². The lowest BCUT2D eigenvalue weighted by molar-refractivity contribution is 0.0607. The number of hydrogen-bond acceptors (Lipinski definition) is 5. The van der Waals surface area contributed by atoms with Crippen LogP contribution < -0.4 is 6.15 Å². The normalized spacial score (nSPS) is 12.0. The smallest absolute Gasteiger partial charge is 0.294 e. The Labute approximate surface area is 145 Å². The van der Waals surface area contributed by atoms with Crippen molar-refractivity contribution >= 4 is 10.1 Å². The summed E-state index contributed by atoms with van der Waals surface area (Å²) in [6.45, 7) is 7.62. The van der Waals surface area contributed by atoms with Gasteiger partial charge in [-0.05, 0) is 47.9 Å². The maximum Gasteiger partial charge on any atom is 0.294 e. The molecule has 0 aliphatic rings. The molecular formula is C17H31NO5S. The molecule has 0 bridgehead atoms. The summed E-state index contributed by atoms with van der Waals surface area (Å²) in [5, 5.41) is 0. The molecule has 7 heteroatoms. The van der Waals surface area contributed by atoms with E-state index in [4.69, 9.17) is 9.47 Å².